The molecule has 2 fully saturated rings. The Kier molecular flexibility index (Phi) is 5.17. The normalized spacial score (nSPS) is 21.4. The van der Waals surface area contributed by atoms with E-state index in [-0.39, 0.29) is 12.2 Å². The lowest BCUT2D eigenvalue weighted by Gasteiger charge is -2.39. The summed E-state index contributed by atoms with van der Waals surface area (Å²) >= 11 is 0. The van der Waals surface area contributed by atoms with Crippen LogP contribution in [0.2, 0.25) is 0 Å². The number of aryl methyl sites for hydroxylation is 1. The quantitative estimate of drug-likeness (QED) is 0.740. The van der Waals surface area contributed by atoms with Crippen LogP contribution in [0.4, 0.5) is 4.79 Å². The van der Waals surface area contributed by atoms with E-state index < -0.39 is 23.9 Å². The largest absolute Gasteiger partial charge is 0.496 e. The van der Waals surface area contributed by atoms with Crippen molar-refractivity contribution in [1.82, 2.24) is 9.88 Å². The van der Waals surface area contributed by atoms with Crippen LogP contribution < -0.4 is 10.2 Å². The lowest BCUT2D eigenvalue weighted by molar-refractivity contribution is -0.0233. The second-order valence-electron chi connectivity index (χ2n) is 9.60. The number of carbonyl (C=O) groups is 1. The van der Waals surface area contributed by atoms with Gasteiger partial charge in [0.2, 0.25) is 5.88 Å². The van der Waals surface area contributed by atoms with Gasteiger partial charge in [-0.3, -0.25) is 0 Å². The van der Waals surface area contributed by atoms with Gasteiger partial charge in [-0.25, -0.2) is 9.78 Å². The second-order valence-corrected chi connectivity index (χ2v) is 9.60. The third-order valence-electron chi connectivity index (χ3n) is 5.35. The average Bonchev–Trinajstić information content (AvgIpc) is 2.70. The lowest BCUT2D eigenvalue weighted by Crippen LogP contribution is -2.57. The van der Waals surface area contributed by atoms with E-state index in [1.807, 2.05) is 61.5 Å². The summed E-state index contributed by atoms with van der Waals surface area (Å²) < 4.78 is 23.5. The summed E-state index contributed by atoms with van der Waals surface area (Å²) in [5.41, 5.74) is 0.496. The molecule has 0 atom stereocenters. The molecule has 8 heteroatoms. The molecule has 3 heterocycles. The van der Waals surface area contributed by atoms with E-state index in [1.54, 1.807) is 11.1 Å². The van der Waals surface area contributed by atoms with Gasteiger partial charge in [0.05, 0.1) is 24.3 Å². The second kappa shape index (κ2) is 6.92. The van der Waals surface area contributed by atoms with Gasteiger partial charge in [0.1, 0.15) is 11.7 Å². The number of ether oxygens (including phenoxy) is 2. The Morgan fingerprint density at radius 3 is 2.29 bits per heavy atom. The molecule has 2 aliphatic rings. The van der Waals surface area contributed by atoms with Gasteiger partial charge in [-0.15, -0.1) is 0 Å². The third kappa shape index (κ3) is 4.28. The Bertz CT molecular complexity index is 737. The molecule has 0 aliphatic carbocycles. The van der Waals surface area contributed by atoms with Crippen molar-refractivity contribution in [3.63, 3.8) is 0 Å². The summed E-state index contributed by atoms with van der Waals surface area (Å²) in [6.07, 6.45) is 1.34. The SMILES string of the molecule is Cc1cc(B2OC(C)(C)C(C)(C)O2)cnc1OC1CN(C(=O)OC(C)(C)C)C1. The van der Waals surface area contributed by atoms with Gasteiger partial charge in [-0.1, -0.05) is 6.07 Å². The Balaban J connectivity index is 1.57. The Morgan fingerprint density at radius 1 is 1.21 bits per heavy atom. The van der Waals surface area contributed by atoms with Crippen LogP contribution in [0.15, 0.2) is 12.3 Å². The van der Waals surface area contributed by atoms with E-state index in [0.717, 1.165) is 11.0 Å². The summed E-state index contributed by atoms with van der Waals surface area (Å²) in [5, 5.41) is 0. The number of amides is 1. The van der Waals surface area contributed by atoms with Crippen molar-refractivity contribution in [2.75, 3.05) is 13.1 Å². The molecule has 0 spiro atoms. The molecule has 154 valence electrons. The van der Waals surface area contributed by atoms with Crippen molar-refractivity contribution in [1.29, 1.82) is 0 Å². The number of hydrogen-bond donors (Lipinski definition) is 0. The highest BCUT2D eigenvalue weighted by Gasteiger charge is 2.52. The zero-order valence-corrected chi connectivity index (χ0v) is 18.2. The molecule has 1 aromatic rings. The third-order valence-corrected chi connectivity index (χ3v) is 5.35. The van der Waals surface area contributed by atoms with Crippen LogP contribution in [0.25, 0.3) is 0 Å². The monoisotopic (exact) mass is 390 g/mol. The number of carbonyl (C=O) groups excluding carboxylic acids is 1. The number of pyridine rings is 1. The standard InChI is InChI=1S/C20H31BN2O5/c1-13-9-14(21-27-19(5,6)20(7,8)28-21)10-22-16(13)25-15-11-23(12-15)17(24)26-18(2,3)4/h9-10,15H,11-12H2,1-8H3. The highest BCUT2D eigenvalue weighted by atomic mass is 16.7. The van der Waals surface area contributed by atoms with Crippen molar-refractivity contribution < 1.29 is 23.6 Å². The molecule has 0 saturated carbocycles. The maximum absolute atomic E-state index is 12.0. The Morgan fingerprint density at radius 2 is 1.79 bits per heavy atom. The molecule has 7 nitrogen and oxygen atoms in total. The number of hydrogen-bond acceptors (Lipinski definition) is 6. The van der Waals surface area contributed by atoms with Crippen LogP contribution >= 0.6 is 0 Å². The first-order valence-electron chi connectivity index (χ1n) is 9.74. The number of aromatic nitrogens is 1. The van der Waals surface area contributed by atoms with Crippen molar-refractivity contribution in [2.45, 2.75) is 78.3 Å². The predicted molar refractivity (Wildman–Crippen MR) is 107 cm³/mol. The van der Waals surface area contributed by atoms with Gasteiger partial charge < -0.3 is 23.7 Å². The highest BCUT2D eigenvalue weighted by Crippen LogP contribution is 2.36. The van der Waals surface area contributed by atoms with Crippen LogP contribution in [-0.2, 0) is 14.0 Å². The summed E-state index contributed by atoms with van der Waals surface area (Å²) in [4.78, 5) is 18.1. The van der Waals surface area contributed by atoms with Crippen molar-refractivity contribution in [3.8, 4) is 5.88 Å². The molecule has 0 radical (unpaired) electrons. The fourth-order valence-electron chi connectivity index (χ4n) is 2.96. The van der Waals surface area contributed by atoms with Crippen molar-refractivity contribution in [2.24, 2.45) is 0 Å². The van der Waals surface area contributed by atoms with E-state index in [4.69, 9.17) is 18.8 Å². The van der Waals surface area contributed by atoms with Gasteiger partial charge >= 0.3 is 13.2 Å². The lowest BCUT2D eigenvalue weighted by atomic mass is 9.80. The van der Waals surface area contributed by atoms with E-state index in [1.165, 1.54) is 0 Å². The molecule has 3 rings (SSSR count). The number of nitrogens with zero attached hydrogens (tertiary/aromatic N) is 2. The first kappa shape index (κ1) is 20.9. The zero-order chi connectivity index (χ0) is 20.9. The summed E-state index contributed by atoms with van der Waals surface area (Å²) in [5.74, 6) is 0.564. The van der Waals surface area contributed by atoms with Crippen LogP contribution in [0.5, 0.6) is 5.88 Å². The smallest absolute Gasteiger partial charge is 0.470 e. The van der Waals surface area contributed by atoms with Crippen LogP contribution in [0.3, 0.4) is 0 Å². The van der Waals surface area contributed by atoms with E-state index >= 15 is 0 Å². The molecule has 0 aromatic carbocycles. The zero-order valence-electron chi connectivity index (χ0n) is 18.2. The van der Waals surface area contributed by atoms with Gasteiger partial charge in [0.15, 0.2) is 0 Å². The molecule has 1 aromatic heterocycles. The maximum Gasteiger partial charge on any atom is 0.496 e. The van der Waals surface area contributed by atoms with Gasteiger partial charge in [0, 0.05) is 17.2 Å². The molecule has 28 heavy (non-hydrogen) atoms. The fraction of sp³-hybridized carbons (Fsp3) is 0.700. The highest BCUT2D eigenvalue weighted by molar-refractivity contribution is 6.62. The first-order valence-corrected chi connectivity index (χ1v) is 9.74. The molecule has 2 aliphatic heterocycles. The topological polar surface area (TPSA) is 70.1 Å². The van der Waals surface area contributed by atoms with E-state index in [0.29, 0.717) is 19.0 Å². The van der Waals surface area contributed by atoms with Gasteiger partial charge in [0.25, 0.3) is 0 Å². The Hall–Kier alpha value is -1.80. The number of rotatable bonds is 3. The Labute approximate surface area is 167 Å². The molecule has 0 N–H and O–H groups in total. The summed E-state index contributed by atoms with van der Waals surface area (Å²) in [6, 6.07) is 1.98. The molecular weight excluding hydrogens is 359 g/mol. The van der Waals surface area contributed by atoms with Crippen molar-refractivity contribution in [3.05, 3.63) is 17.8 Å². The minimum atomic E-state index is -0.496. The van der Waals surface area contributed by atoms with Crippen LogP contribution in [-0.4, -0.2) is 59.1 Å². The fourth-order valence-corrected chi connectivity index (χ4v) is 2.96. The van der Waals surface area contributed by atoms with Crippen molar-refractivity contribution >= 4 is 18.7 Å². The number of likely N-dealkylation sites (tertiary alicyclic amines) is 1. The molecule has 0 unspecified atom stereocenters. The molecule has 1 amide bonds. The van der Waals surface area contributed by atoms with E-state index in [2.05, 4.69) is 4.98 Å². The molecular formula is C20H31BN2O5. The minimum Gasteiger partial charge on any atom is -0.470 e. The maximum atomic E-state index is 12.0. The van der Waals surface area contributed by atoms with Crippen LogP contribution in [0, 0.1) is 6.92 Å². The van der Waals surface area contributed by atoms with Gasteiger partial charge in [-0.05, 0) is 55.4 Å². The predicted octanol–water partition coefficient (Wildman–Crippen LogP) is 2.69. The minimum absolute atomic E-state index is 0.0820. The summed E-state index contributed by atoms with van der Waals surface area (Å²) in [7, 11) is -0.448. The van der Waals surface area contributed by atoms with Crippen LogP contribution in [0.1, 0.15) is 54.0 Å². The van der Waals surface area contributed by atoms with Gasteiger partial charge in [-0.2, -0.15) is 0 Å². The summed E-state index contributed by atoms with van der Waals surface area (Å²) in [6.45, 7) is 16.6. The van der Waals surface area contributed by atoms with E-state index in [9.17, 15) is 4.79 Å². The molecule has 2 saturated heterocycles. The molecule has 0 bridgehead atoms. The first-order chi connectivity index (χ1) is 12.8. The average molecular weight is 390 g/mol.